The predicted octanol–water partition coefficient (Wildman–Crippen LogP) is 4.13. The van der Waals surface area contributed by atoms with Gasteiger partial charge in [-0.15, -0.1) is 0 Å². The number of benzene rings is 1. The lowest BCUT2D eigenvalue weighted by molar-refractivity contribution is -0.0663. The lowest BCUT2D eigenvalue weighted by Crippen LogP contribution is -2.55. The molecule has 1 aromatic carbocycles. The molecule has 0 atom stereocenters. The molecule has 0 aromatic heterocycles. The van der Waals surface area contributed by atoms with E-state index in [4.69, 9.17) is 10.5 Å². The summed E-state index contributed by atoms with van der Waals surface area (Å²) in [6.45, 7) is 0.809. The van der Waals surface area contributed by atoms with Gasteiger partial charge in [-0.25, -0.2) is 0 Å². The van der Waals surface area contributed by atoms with E-state index >= 15 is 0 Å². The Hall–Kier alpha value is -1.02. The number of para-hydroxylation sites is 1. The zero-order chi connectivity index (χ0) is 15.2. The van der Waals surface area contributed by atoms with Crippen molar-refractivity contribution in [2.24, 2.45) is 29.4 Å². The number of nitrogens with two attached hydrogens (primary N) is 1. The van der Waals surface area contributed by atoms with Crippen LogP contribution in [0.25, 0.3) is 0 Å². The Bertz CT molecular complexity index is 510. The molecule has 2 nitrogen and oxygen atoms in total. The molecule has 0 unspecified atom stereocenters. The molecule has 120 valence electrons. The molecular weight excluding hydrogens is 270 g/mol. The first-order valence-corrected chi connectivity index (χ1v) is 9.11. The van der Waals surface area contributed by atoms with Crippen molar-refractivity contribution in [1.29, 1.82) is 0 Å². The topological polar surface area (TPSA) is 35.2 Å². The fourth-order valence-electron chi connectivity index (χ4n) is 6.43. The molecule has 4 bridgehead atoms. The van der Waals surface area contributed by atoms with Gasteiger partial charge in [0.1, 0.15) is 5.75 Å². The molecule has 4 saturated carbocycles. The number of rotatable bonds is 5. The molecule has 5 rings (SSSR count). The molecule has 0 amide bonds. The van der Waals surface area contributed by atoms with E-state index in [1.807, 2.05) is 7.11 Å². The van der Waals surface area contributed by atoms with E-state index in [0.29, 0.717) is 5.41 Å². The van der Waals surface area contributed by atoms with Gasteiger partial charge in [0.25, 0.3) is 0 Å². The first-order chi connectivity index (χ1) is 10.8. The van der Waals surface area contributed by atoms with Crippen LogP contribution in [0.2, 0.25) is 0 Å². The number of hydrogen-bond acceptors (Lipinski definition) is 2. The van der Waals surface area contributed by atoms with Crippen LogP contribution in [-0.2, 0) is 5.41 Å². The van der Waals surface area contributed by atoms with Crippen molar-refractivity contribution >= 4 is 0 Å². The molecule has 0 heterocycles. The van der Waals surface area contributed by atoms with Crippen molar-refractivity contribution in [3.05, 3.63) is 29.8 Å². The molecule has 4 fully saturated rings. The maximum Gasteiger partial charge on any atom is 0.122 e. The van der Waals surface area contributed by atoms with Crippen LogP contribution in [0.1, 0.15) is 50.5 Å². The van der Waals surface area contributed by atoms with Gasteiger partial charge in [0.05, 0.1) is 7.11 Å². The van der Waals surface area contributed by atoms with Crippen LogP contribution in [0, 0.1) is 23.7 Å². The van der Waals surface area contributed by atoms with Crippen LogP contribution >= 0.6 is 0 Å². The second-order valence-electron chi connectivity index (χ2n) is 7.94. The average molecular weight is 299 g/mol. The van der Waals surface area contributed by atoms with E-state index in [1.165, 1.54) is 44.1 Å². The first-order valence-electron chi connectivity index (χ1n) is 9.11. The molecule has 22 heavy (non-hydrogen) atoms. The molecule has 4 aliphatic carbocycles. The molecule has 2 N–H and O–H groups in total. The maximum absolute atomic E-state index is 5.91. The Balaban J connectivity index is 1.80. The van der Waals surface area contributed by atoms with E-state index in [2.05, 4.69) is 24.3 Å². The second-order valence-corrected chi connectivity index (χ2v) is 7.94. The van der Waals surface area contributed by atoms with Gasteiger partial charge in [0.15, 0.2) is 0 Å². The highest BCUT2D eigenvalue weighted by molar-refractivity contribution is 5.42. The molecule has 0 saturated heterocycles. The van der Waals surface area contributed by atoms with Crippen LogP contribution in [0.3, 0.4) is 0 Å². The summed E-state index contributed by atoms with van der Waals surface area (Å²) in [6.07, 6.45) is 9.65. The smallest absolute Gasteiger partial charge is 0.122 e. The summed E-state index contributed by atoms with van der Waals surface area (Å²) < 4.78 is 5.78. The van der Waals surface area contributed by atoms with Gasteiger partial charge in [0.2, 0.25) is 0 Å². The zero-order valence-corrected chi connectivity index (χ0v) is 13.8. The molecule has 0 radical (unpaired) electrons. The SMILES string of the molecule is COc1ccccc1C1(CCCN)C2CC3CC(C2)CC1C3. The predicted molar refractivity (Wildman–Crippen MR) is 90.0 cm³/mol. The van der Waals surface area contributed by atoms with Gasteiger partial charge in [-0.3, -0.25) is 0 Å². The summed E-state index contributed by atoms with van der Waals surface area (Å²) in [5.41, 5.74) is 7.73. The van der Waals surface area contributed by atoms with Crippen LogP contribution in [-0.4, -0.2) is 13.7 Å². The third kappa shape index (κ3) is 2.03. The summed E-state index contributed by atoms with van der Waals surface area (Å²) in [5.74, 6) is 4.82. The standard InChI is InChI=1S/C20H29NO/c1-22-19-6-3-2-5-18(19)20(7-4-8-21)16-10-14-9-15(12-16)13-17(20)11-14/h2-3,5-6,14-17H,4,7-13,21H2,1H3. The minimum Gasteiger partial charge on any atom is -0.496 e. The molecular formula is C20H29NO. The van der Waals surface area contributed by atoms with Gasteiger partial charge >= 0.3 is 0 Å². The molecule has 4 aliphatic rings. The first kappa shape index (κ1) is 14.6. The normalized spacial score (nSPS) is 39.2. The highest BCUT2D eigenvalue weighted by Gasteiger charge is 2.57. The third-order valence-electron chi connectivity index (χ3n) is 7.00. The summed E-state index contributed by atoms with van der Waals surface area (Å²) >= 11 is 0. The lowest BCUT2D eigenvalue weighted by atomic mass is 9.43. The zero-order valence-electron chi connectivity index (χ0n) is 13.8. The van der Waals surface area contributed by atoms with Crippen molar-refractivity contribution in [3.8, 4) is 5.75 Å². The fraction of sp³-hybridized carbons (Fsp3) is 0.700. The maximum atomic E-state index is 5.91. The largest absolute Gasteiger partial charge is 0.496 e. The number of ether oxygens (including phenoxy) is 1. The lowest BCUT2D eigenvalue weighted by Gasteiger charge is -2.62. The molecule has 2 heteroatoms. The Kier molecular flexibility index (Phi) is 3.68. The van der Waals surface area contributed by atoms with Crippen LogP contribution in [0.15, 0.2) is 24.3 Å². The van der Waals surface area contributed by atoms with Crippen LogP contribution in [0.5, 0.6) is 5.75 Å². The minimum absolute atomic E-state index is 0.333. The van der Waals surface area contributed by atoms with Crippen molar-refractivity contribution < 1.29 is 4.74 Å². The summed E-state index contributed by atoms with van der Waals surface area (Å²) in [7, 11) is 1.82. The van der Waals surface area contributed by atoms with Crippen molar-refractivity contribution in [2.75, 3.05) is 13.7 Å². The van der Waals surface area contributed by atoms with Gasteiger partial charge in [-0.2, -0.15) is 0 Å². The van der Waals surface area contributed by atoms with E-state index < -0.39 is 0 Å². The Labute approximate surface area is 134 Å². The summed E-state index contributed by atoms with van der Waals surface area (Å²) in [6, 6.07) is 8.81. The van der Waals surface area contributed by atoms with E-state index in [9.17, 15) is 0 Å². The highest BCUT2D eigenvalue weighted by Crippen LogP contribution is 2.65. The number of methoxy groups -OCH3 is 1. The number of hydrogen-bond donors (Lipinski definition) is 1. The molecule has 0 spiro atoms. The van der Waals surface area contributed by atoms with E-state index in [0.717, 1.165) is 42.4 Å². The van der Waals surface area contributed by atoms with Gasteiger partial charge in [0, 0.05) is 11.0 Å². The Morgan fingerprint density at radius 1 is 1.05 bits per heavy atom. The monoisotopic (exact) mass is 299 g/mol. The van der Waals surface area contributed by atoms with Crippen molar-refractivity contribution in [2.45, 2.75) is 50.4 Å². The van der Waals surface area contributed by atoms with E-state index in [1.54, 1.807) is 0 Å². The fourth-order valence-corrected chi connectivity index (χ4v) is 6.43. The van der Waals surface area contributed by atoms with Crippen molar-refractivity contribution in [1.82, 2.24) is 0 Å². The third-order valence-corrected chi connectivity index (χ3v) is 7.00. The van der Waals surface area contributed by atoms with Gasteiger partial charge in [-0.05, 0) is 81.2 Å². The van der Waals surface area contributed by atoms with E-state index in [-0.39, 0.29) is 0 Å². The summed E-state index contributed by atoms with van der Waals surface area (Å²) in [4.78, 5) is 0. The van der Waals surface area contributed by atoms with Crippen LogP contribution in [0.4, 0.5) is 0 Å². The van der Waals surface area contributed by atoms with Gasteiger partial charge in [-0.1, -0.05) is 18.2 Å². The quantitative estimate of drug-likeness (QED) is 0.887. The summed E-state index contributed by atoms with van der Waals surface area (Å²) in [5, 5.41) is 0. The van der Waals surface area contributed by atoms with Gasteiger partial charge < -0.3 is 10.5 Å². The highest BCUT2D eigenvalue weighted by atomic mass is 16.5. The molecule has 1 aromatic rings. The Morgan fingerprint density at radius 2 is 1.68 bits per heavy atom. The van der Waals surface area contributed by atoms with Crippen LogP contribution < -0.4 is 10.5 Å². The Morgan fingerprint density at radius 3 is 2.27 bits per heavy atom. The second kappa shape index (κ2) is 5.56. The molecule has 0 aliphatic heterocycles. The van der Waals surface area contributed by atoms with Crippen molar-refractivity contribution in [3.63, 3.8) is 0 Å². The average Bonchev–Trinajstić information content (AvgIpc) is 2.54. The minimum atomic E-state index is 0.333.